The van der Waals surface area contributed by atoms with Gasteiger partial charge in [0.2, 0.25) is 5.91 Å². The van der Waals surface area contributed by atoms with Gasteiger partial charge in [-0.2, -0.15) is 0 Å². The summed E-state index contributed by atoms with van der Waals surface area (Å²) < 4.78 is 10.5. The van der Waals surface area contributed by atoms with Gasteiger partial charge in [0.05, 0.1) is 25.8 Å². The third kappa shape index (κ3) is 5.00. The second-order valence-corrected chi connectivity index (χ2v) is 7.80. The van der Waals surface area contributed by atoms with Crippen LogP contribution in [0.25, 0.3) is 0 Å². The van der Waals surface area contributed by atoms with Crippen molar-refractivity contribution in [3.05, 3.63) is 41.5 Å². The zero-order valence-corrected chi connectivity index (χ0v) is 16.9. The minimum atomic E-state index is -0.748. The van der Waals surface area contributed by atoms with Crippen LogP contribution in [-0.4, -0.2) is 50.1 Å². The van der Waals surface area contributed by atoms with Crippen molar-refractivity contribution in [2.75, 3.05) is 20.8 Å². The molecule has 1 aromatic carbocycles. The van der Waals surface area contributed by atoms with E-state index < -0.39 is 17.7 Å². The van der Waals surface area contributed by atoms with Crippen LogP contribution in [0.4, 0.5) is 0 Å². The Balaban J connectivity index is 1.66. The van der Waals surface area contributed by atoms with Crippen molar-refractivity contribution in [1.82, 2.24) is 10.6 Å². The lowest BCUT2D eigenvalue weighted by Gasteiger charge is -2.23. The van der Waals surface area contributed by atoms with E-state index in [9.17, 15) is 9.59 Å². The van der Waals surface area contributed by atoms with Crippen molar-refractivity contribution in [2.45, 2.75) is 56.7 Å². The number of ketones is 1. The molecule has 3 atom stereocenters. The molecular weight excluding hydrogens is 356 g/mol. The van der Waals surface area contributed by atoms with Crippen LogP contribution in [0.5, 0.6) is 5.75 Å². The molecule has 152 valence electrons. The molecule has 28 heavy (non-hydrogen) atoms. The standard InChI is InChI=1S/C22H30N2O4/c1-22(14-28-22)20(25)18(12-15-6-4-5-7-15)24-21(26)19(23-2)13-16-8-10-17(27-3)11-9-16/h6,8-11,18-19,23H,4-5,7,12-14H2,1-3H3,(H,24,26). The number of methoxy groups -OCH3 is 1. The van der Waals surface area contributed by atoms with Crippen LogP contribution >= 0.6 is 0 Å². The summed E-state index contributed by atoms with van der Waals surface area (Å²) in [6.45, 7) is 2.23. The molecule has 3 rings (SSSR count). The van der Waals surface area contributed by atoms with Gasteiger partial charge in [0.1, 0.15) is 11.4 Å². The van der Waals surface area contributed by atoms with Crippen molar-refractivity contribution in [3.8, 4) is 5.75 Å². The number of amides is 1. The predicted octanol–water partition coefficient (Wildman–Crippen LogP) is 2.17. The van der Waals surface area contributed by atoms with E-state index in [1.54, 1.807) is 21.1 Å². The number of allylic oxidation sites excluding steroid dienone is 1. The molecule has 1 aromatic rings. The average Bonchev–Trinajstić information content (AvgIpc) is 3.25. The van der Waals surface area contributed by atoms with Crippen LogP contribution < -0.4 is 15.4 Å². The number of carbonyl (C=O) groups is 2. The van der Waals surface area contributed by atoms with Gasteiger partial charge < -0.3 is 20.1 Å². The molecule has 0 spiro atoms. The molecule has 0 saturated carbocycles. The van der Waals surface area contributed by atoms with Crippen LogP contribution in [0.2, 0.25) is 0 Å². The summed E-state index contributed by atoms with van der Waals surface area (Å²) in [4.78, 5) is 25.8. The Labute approximate surface area is 166 Å². The second-order valence-electron chi connectivity index (χ2n) is 7.80. The quantitative estimate of drug-likeness (QED) is 0.476. The number of benzene rings is 1. The SMILES string of the molecule is CNC(Cc1ccc(OC)cc1)C(=O)NC(CC1=CCCC1)C(=O)C1(C)CO1. The second kappa shape index (κ2) is 8.88. The van der Waals surface area contributed by atoms with Crippen LogP contribution in [-0.2, 0) is 20.7 Å². The smallest absolute Gasteiger partial charge is 0.238 e. The molecule has 0 bridgehead atoms. The number of hydrogen-bond acceptors (Lipinski definition) is 5. The summed E-state index contributed by atoms with van der Waals surface area (Å²) in [7, 11) is 3.38. The lowest BCUT2D eigenvalue weighted by atomic mass is 9.94. The molecule has 1 fully saturated rings. The van der Waals surface area contributed by atoms with E-state index in [2.05, 4.69) is 16.7 Å². The van der Waals surface area contributed by atoms with Gasteiger partial charge in [-0.25, -0.2) is 0 Å². The Morgan fingerprint density at radius 1 is 1.21 bits per heavy atom. The maximum atomic E-state index is 12.9. The third-order valence-electron chi connectivity index (χ3n) is 5.60. The van der Waals surface area contributed by atoms with Crippen LogP contribution in [0, 0.1) is 0 Å². The summed E-state index contributed by atoms with van der Waals surface area (Å²) in [5.41, 5.74) is 1.52. The van der Waals surface area contributed by atoms with Gasteiger partial charge in [-0.1, -0.05) is 23.8 Å². The first-order chi connectivity index (χ1) is 13.4. The first-order valence-electron chi connectivity index (χ1n) is 9.92. The van der Waals surface area contributed by atoms with Crippen molar-refractivity contribution >= 4 is 11.7 Å². The normalized spacial score (nSPS) is 22.9. The first-order valence-corrected chi connectivity index (χ1v) is 9.92. The zero-order chi connectivity index (χ0) is 20.1. The number of Topliss-reactive ketones (excluding diaryl/α,β-unsaturated/α-hetero) is 1. The molecule has 0 radical (unpaired) electrons. The number of hydrogen-bond donors (Lipinski definition) is 2. The lowest BCUT2D eigenvalue weighted by molar-refractivity contribution is -0.131. The molecule has 0 aromatic heterocycles. The van der Waals surface area contributed by atoms with Crippen LogP contribution in [0.1, 0.15) is 38.2 Å². The molecule has 1 saturated heterocycles. The van der Waals surface area contributed by atoms with Gasteiger partial charge in [0.15, 0.2) is 5.78 Å². The molecule has 1 amide bonds. The summed E-state index contributed by atoms with van der Waals surface area (Å²) >= 11 is 0. The summed E-state index contributed by atoms with van der Waals surface area (Å²) in [6, 6.07) is 6.68. The van der Waals surface area contributed by atoms with Gasteiger partial charge in [-0.05, 0) is 63.8 Å². The fraction of sp³-hybridized carbons (Fsp3) is 0.545. The maximum absolute atomic E-state index is 12.9. The molecule has 2 aliphatic rings. The third-order valence-corrected chi connectivity index (χ3v) is 5.60. The topological polar surface area (TPSA) is 80.0 Å². The first kappa shape index (κ1) is 20.6. The van der Waals surface area contributed by atoms with E-state index >= 15 is 0 Å². The Hall–Kier alpha value is -2.18. The molecule has 1 aliphatic carbocycles. The van der Waals surface area contributed by atoms with Crippen molar-refractivity contribution < 1.29 is 19.1 Å². The Bertz CT molecular complexity index is 737. The molecule has 6 nitrogen and oxygen atoms in total. The van der Waals surface area contributed by atoms with Crippen LogP contribution in [0.3, 0.4) is 0 Å². The molecule has 2 N–H and O–H groups in total. The number of ether oxygens (including phenoxy) is 2. The van der Waals surface area contributed by atoms with Crippen molar-refractivity contribution in [3.63, 3.8) is 0 Å². The Morgan fingerprint density at radius 2 is 1.93 bits per heavy atom. The summed E-state index contributed by atoms with van der Waals surface area (Å²) in [5.74, 6) is 0.579. The number of nitrogens with one attached hydrogen (secondary N) is 2. The monoisotopic (exact) mass is 386 g/mol. The highest BCUT2D eigenvalue weighted by atomic mass is 16.6. The number of carbonyl (C=O) groups excluding carboxylic acids is 2. The predicted molar refractivity (Wildman–Crippen MR) is 107 cm³/mol. The average molecular weight is 386 g/mol. The molecule has 1 aliphatic heterocycles. The van der Waals surface area contributed by atoms with E-state index in [1.165, 1.54) is 5.57 Å². The fourth-order valence-electron chi connectivity index (χ4n) is 3.61. The molecular formula is C22H30N2O4. The van der Waals surface area contributed by atoms with E-state index in [4.69, 9.17) is 9.47 Å². The minimum Gasteiger partial charge on any atom is -0.497 e. The minimum absolute atomic E-state index is 0.0343. The van der Waals surface area contributed by atoms with Gasteiger partial charge in [0, 0.05) is 0 Å². The molecule has 3 unspecified atom stereocenters. The number of likely N-dealkylation sites (N-methyl/N-ethyl adjacent to an activating group) is 1. The number of epoxide rings is 1. The Kier molecular flexibility index (Phi) is 6.52. The van der Waals surface area contributed by atoms with E-state index in [0.29, 0.717) is 19.4 Å². The number of rotatable bonds is 10. The fourth-order valence-corrected chi connectivity index (χ4v) is 3.61. The van der Waals surface area contributed by atoms with E-state index in [0.717, 1.165) is 30.6 Å². The zero-order valence-electron chi connectivity index (χ0n) is 16.9. The highest BCUT2D eigenvalue weighted by Gasteiger charge is 2.50. The Morgan fingerprint density at radius 3 is 2.46 bits per heavy atom. The van der Waals surface area contributed by atoms with E-state index in [-0.39, 0.29) is 11.7 Å². The van der Waals surface area contributed by atoms with Gasteiger partial charge >= 0.3 is 0 Å². The van der Waals surface area contributed by atoms with Crippen LogP contribution in [0.15, 0.2) is 35.9 Å². The van der Waals surface area contributed by atoms with Gasteiger partial charge in [-0.3, -0.25) is 9.59 Å². The van der Waals surface area contributed by atoms with Crippen molar-refractivity contribution in [1.29, 1.82) is 0 Å². The van der Waals surface area contributed by atoms with Gasteiger partial charge in [-0.15, -0.1) is 0 Å². The molecule has 6 heteroatoms. The van der Waals surface area contributed by atoms with Crippen molar-refractivity contribution in [2.24, 2.45) is 0 Å². The molecule has 1 heterocycles. The highest BCUT2D eigenvalue weighted by molar-refractivity contribution is 5.97. The van der Waals surface area contributed by atoms with E-state index in [1.807, 2.05) is 24.3 Å². The van der Waals surface area contributed by atoms with Gasteiger partial charge in [0.25, 0.3) is 0 Å². The highest BCUT2D eigenvalue weighted by Crippen LogP contribution is 2.31. The lowest BCUT2D eigenvalue weighted by Crippen LogP contribution is -2.52. The summed E-state index contributed by atoms with van der Waals surface area (Å²) in [6.07, 6.45) is 6.46. The maximum Gasteiger partial charge on any atom is 0.238 e. The largest absolute Gasteiger partial charge is 0.497 e. The summed E-state index contributed by atoms with van der Waals surface area (Å²) in [5, 5.41) is 6.06.